The molecule has 2 atom stereocenters. The van der Waals surface area contributed by atoms with Gasteiger partial charge in [0, 0.05) is 18.6 Å². The van der Waals surface area contributed by atoms with Crippen LogP contribution < -0.4 is 0 Å². The minimum atomic E-state index is -0.509. The summed E-state index contributed by atoms with van der Waals surface area (Å²) in [6, 6.07) is 11.8. The van der Waals surface area contributed by atoms with Crippen molar-refractivity contribution in [3.63, 3.8) is 0 Å². The van der Waals surface area contributed by atoms with Crippen molar-refractivity contribution < 1.29 is 5.11 Å². The third-order valence-electron chi connectivity index (χ3n) is 4.98. The van der Waals surface area contributed by atoms with Crippen LogP contribution in [0.2, 0.25) is 0 Å². The van der Waals surface area contributed by atoms with Crippen LogP contribution in [0.4, 0.5) is 0 Å². The van der Waals surface area contributed by atoms with Gasteiger partial charge >= 0.3 is 0 Å². The van der Waals surface area contributed by atoms with Crippen molar-refractivity contribution in [3.05, 3.63) is 48.6 Å². The van der Waals surface area contributed by atoms with Gasteiger partial charge in [-0.2, -0.15) is 0 Å². The number of aliphatic hydroxyl groups is 1. The van der Waals surface area contributed by atoms with Crippen LogP contribution in [-0.4, -0.2) is 27.7 Å². The molecule has 2 aliphatic heterocycles. The van der Waals surface area contributed by atoms with Gasteiger partial charge in [-0.1, -0.05) is 42.8 Å². The van der Waals surface area contributed by atoms with Crippen LogP contribution >= 0.6 is 0 Å². The van der Waals surface area contributed by atoms with E-state index in [1.807, 2.05) is 6.08 Å². The Morgan fingerprint density at radius 3 is 2.45 bits per heavy atom. The Bertz CT molecular complexity index is 442. The molecule has 2 bridgehead atoms. The summed E-state index contributed by atoms with van der Waals surface area (Å²) in [4.78, 5) is 2.64. The van der Waals surface area contributed by atoms with Crippen molar-refractivity contribution in [2.24, 2.45) is 0 Å². The largest absolute Gasteiger partial charge is 0.389 e. The molecule has 3 rings (SSSR count). The molecule has 2 nitrogen and oxygen atoms in total. The molecule has 0 amide bonds. The fraction of sp³-hybridized carbons (Fsp3) is 0.556. The molecule has 2 fully saturated rings. The predicted molar refractivity (Wildman–Crippen MR) is 82.4 cm³/mol. The summed E-state index contributed by atoms with van der Waals surface area (Å²) in [7, 11) is 0. The molecule has 20 heavy (non-hydrogen) atoms. The number of hydrogen-bond acceptors (Lipinski definition) is 2. The Morgan fingerprint density at radius 2 is 1.85 bits per heavy atom. The predicted octanol–water partition coefficient (Wildman–Crippen LogP) is 3.51. The van der Waals surface area contributed by atoms with Gasteiger partial charge in [-0.05, 0) is 37.7 Å². The Hall–Kier alpha value is -1.12. The zero-order chi connectivity index (χ0) is 14.0. The lowest BCUT2D eigenvalue weighted by atomic mass is 9.74. The van der Waals surface area contributed by atoms with Gasteiger partial charge in [-0.25, -0.2) is 0 Å². The molecule has 2 heterocycles. The Balaban J connectivity index is 1.75. The molecule has 1 N–H and O–H groups in total. The fourth-order valence-corrected chi connectivity index (χ4v) is 4.11. The molecule has 1 aromatic carbocycles. The highest BCUT2D eigenvalue weighted by atomic mass is 16.3. The first-order valence-electron chi connectivity index (χ1n) is 7.83. The summed E-state index contributed by atoms with van der Waals surface area (Å²) in [5, 5.41) is 10.8. The fourth-order valence-electron chi connectivity index (χ4n) is 4.11. The van der Waals surface area contributed by atoms with Crippen LogP contribution in [0.1, 0.15) is 44.1 Å². The Kier molecular flexibility index (Phi) is 3.95. The van der Waals surface area contributed by atoms with Crippen LogP contribution in [0.3, 0.4) is 0 Å². The quantitative estimate of drug-likeness (QED) is 0.847. The van der Waals surface area contributed by atoms with Gasteiger partial charge in [0.2, 0.25) is 0 Å². The molecule has 2 unspecified atom stereocenters. The van der Waals surface area contributed by atoms with E-state index in [0.717, 1.165) is 25.8 Å². The maximum atomic E-state index is 10.8. The lowest BCUT2D eigenvalue weighted by Crippen LogP contribution is -2.57. The summed E-state index contributed by atoms with van der Waals surface area (Å²) in [5.41, 5.74) is 0.878. The number of piperidine rings is 2. The van der Waals surface area contributed by atoms with E-state index in [1.54, 1.807) is 0 Å². The van der Waals surface area contributed by atoms with Gasteiger partial charge < -0.3 is 5.11 Å². The summed E-state index contributed by atoms with van der Waals surface area (Å²) < 4.78 is 0. The van der Waals surface area contributed by atoms with Crippen molar-refractivity contribution >= 4 is 0 Å². The second kappa shape index (κ2) is 5.71. The molecule has 2 aliphatic rings. The normalized spacial score (nSPS) is 33.9. The van der Waals surface area contributed by atoms with Crippen molar-refractivity contribution in [3.8, 4) is 0 Å². The molecule has 1 aromatic rings. The average molecular weight is 271 g/mol. The van der Waals surface area contributed by atoms with Crippen molar-refractivity contribution in [1.29, 1.82) is 0 Å². The van der Waals surface area contributed by atoms with Gasteiger partial charge in [0.05, 0.1) is 5.60 Å². The highest BCUT2D eigenvalue weighted by Crippen LogP contribution is 2.41. The van der Waals surface area contributed by atoms with Gasteiger partial charge in [-0.15, -0.1) is 6.58 Å². The van der Waals surface area contributed by atoms with E-state index >= 15 is 0 Å². The lowest BCUT2D eigenvalue weighted by Gasteiger charge is -2.52. The highest BCUT2D eigenvalue weighted by molar-refractivity contribution is 5.16. The first-order chi connectivity index (χ1) is 9.70. The third kappa shape index (κ3) is 2.82. The molecule has 0 saturated carbocycles. The zero-order valence-electron chi connectivity index (χ0n) is 12.2. The van der Waals surface area contributed by atoms with Crippen LogP contribution in [0, 0.1) is 0 Å². The summed E-state index contributed by atoms with van der Waals surface area (Å²) in [6.07, 6.45) is 8.18. The number of hydrogen-bond donors (Lipinski definition) is 1. The Labute approximate surface area is 122 Å². The van der Waals surface area contributed by atoms with E-state index in [2.05, 4.69) is 41.8 Å². The maximum Gasteiger partial charge on any atom is 0.0711 e. The monoisotopic (exact) mass is 271 g/mol. The van der Waals surface area contributed by atoms with Crippen molar-refractivity contribution in [2.45, 2.75) is 62.8 Å². The third-order valence-corrected chi connectivity index (χ3v) is 4.98. The van der Waals surface area contributed by atoms with Crippen molar-refractivity contribution in [2.75, 3.05) is 0 Å². The Morgan fingerprint density at radius 1 is 1.20 bits per heavy atom. The minimum Gasteiger partial charge on any atom is -0.389 e. The minimum absolute atomic E-state index is 0.509. The van der Waals surface area contributed by atoms with Crippen LogP contribution in [0.15, 0.2) is 43.0 Å². The smallest absolute Gasteiger partial charge is 0.0711 e. The van der Waals surface area contributed by atoms with Crippen LogP contribution in [-0.2, 0) is 6.54 Å². The van der Waals surface area contributed by atoms with E-state index in [9.17, 15) is 5.11 Å². The van der Waals surface area contributed by atoms with E-state index in [-0.39, 0.29) is 0 Å². The highest BCUT2D eigenvalue weighted by Gasteiger charge is 2.44. The van der Waals surface area contributed by atoms with Crippen LogP contribution in [0.5, 0.6) is 0 Å². The number of benzene rings is 1. The number of rotatable bonds is 4. The topological polar surface area (TPSA) is 23.5 Å². The SMILES string of the molecule is C=CCC1(O)CC2CCCC(C1)N2Cc1ccccc1. The second-order valence-electron chi connectivity index (χ2n) is 6.52. The summed E-state index contributed by atoms with van der Waals surface area (Å²) in [5.74, 6) is 0. The van der Waals surface area contributed by atoms with Gasteiger partial charge in [0.1, 0.15) is 0 Å². The standard InChI is InChI=1S/C18H25NO/c1-2-11-18(20)12-16-9-6-10-17(13-18)19(16)14-15-7-4-3-5-8-15/h2-5,7-8,16-17,20H,1,6,9-14H2. The zero-order valence-corrected chi connectivity index (χ0v) is 12.2. The molecule has 0 aromatic heterocycles. The molecular weight excluding hydrogens is 246 g/mol. The molecule has 0 aliphatic carbocycles. The molecular formula is C18H25NO. The van der Waals surface area contributed by atoms with Crippen molar-refractivity contribution in [1.82, 2.24) is 4.90 Å². The number of fused-ring (bicyclic) bond motifs is 2. The second-order valence-corrected chi connectivity index (χ2v) is 6.52. The average Bonchev–Trinajstić information content (AvgIpc) is 2.41. The summed E-state index contributed by atoms with van der Waals surface area (Å²) in [6.45, 7) is 4.84. The van der Waals surface area contributed by atoms with E-state index in [0.29, 0.717) is 12.1 Å². The molecule has 2 heteroatoms. The summed E-state index contributed by atoms with van der Waals surface area (Å²) >= 11 is 0. The van der Waals surface area contributed by atoms with E-state index < -0.39 is 5.60 Å². The molecule has 2 saturated heterocycles. The van der Waals surface area contributed by atoms with Gasteiger partial charge in [0.25, 0.3) is 0 Å². The molecule has 0 spiro atoms. The molecule has 108 valence electrons. The van der Waals surface area contributed by atoms with Gasteiger partial charge in [-0.3, -0.25) is 4.90 Å². The number of nitrogens with zero attached hydrogens (tertiary/aromatic N) is 1. The maximum absolute atomic E-state index is 10.8. The lowest BCUT2D eigenvalue weighted by molar-refractivity contribution is -0.0933. The molecule has 0 radical (unpaired) electrons. The first-order valence-corrected chi connectivity index (χ1v) is 7.83. The van der Waals surface area contributed by atoms with E-state index in [4.69, 9.17) is 0 Å². The van der Waals surface area contributed by atoms with Crippen LogP contribution in [0.25, 0.3) is 0 Å². The first kappa shape index (κ1) is 13.8. The van der Waals surface area contributed by atoms with E-state index in [1.165, 1.54) is 24.8 Å². The van der Waals surface area contributed by atoms with Gasteiger partial charge in [0.15, 0.2) is 0 Å².